The van der Waals surface area contributed by atoms with E-state index in [1.165, 1.54) is 51.5 Å². The molecular weight excluding hydrogens is 210 g/mol. The molecule has 1 aliphatic carbocycles. The fourth-order valence-corrected chi connectivity index (χ4v) is 2.65. The lowest BCUT2D eigenvalue weighted by Crippen LogP contribution is -2.27. The Morgan fingerprint density at radius 3 is 2.35 bits per heavy atom. The molecule has 1 rings (SSSR count). The molecule has 0 aromatic rings. The van der Waals surface area contributed by atoms with Crippen molar-refractivity contribution in [1.29, 1.82) is 0 Å². The first kappa shape index (κ1) is 15.0. The van der Waals surface area contributed by atoms with Gasteiger partial charge in [-0.2, -0.15) is 0 Å². The van der Waals surface area contributed by atoms with Crippen LogP contribution in [0.1, 0.15) is 58.8 Å². The predicted octanol–water partition coefficient (Wildman–Crippen LogP) is 3.61. The van der Waals surface area contributed by atoms with Crippen molar-refractivity contribution in [2.45, 2.75) is 58.8 Å². The molecule has 0 unspecified atom stereocenters. The third-order valence-electron chi connectivity index (χ3n) is 3.90. The van der Waals surface area contributed by atoms with Crippen molar-refractivity contribution in [1.82, 2.24) is 5.32 Å². The first-order chi connectivity index (χ1) is 8.36. The number of unbranched alkanes of at least 4 members (excludes halogenated alkanes) is 2. The topological polar surface area (TPSA) is 21.3 Å². The van der Waals surface area contributed by atoms with E-state index < -0.39 is 0 Å². The smallest absolute Gasteiger partial charge is 0.0494 e. The fourth-order valence-electron chi connectivity index (χ4n) is 2.65. The minimum Gasteiger partial charge on any atom is -0.381 e. The largest absolute Gasteiger partial charge is 0.381 e. The molecule has 1 saturated carbocycles. The maximum atomic E-state index is 5.78. The van der Waals surface area contributed by atoms with Gasteiger partial charge in [0, 0.05) is 13.2 Å². The highest BCUT2D eigenvalue weighted by Gasteiger charge is 2.20. The van der Waals surface area contributed by atoms with Crippen LogP contribution in [0.5, 0.6) is 0 Å². The van der Waals surface area contributed by atoms with Gasteiger partial charge in [-0.05, 0) is 57.0 Å². The molecule has 2 nitrogen and oxygen atoms in total. The zero-order chi connectivity index (χ0) is 12.3. The summed E-state index contributed by atoms with van der Waals surface area (Å²) in [6.45, 7) is 8.76. The maximum Gasteiger partial charge on any atom is 0.0494 e. The second-order valence-electron chi connectivity index (χ2n) is 5.48. The highest BCUT2D eigenvalue weighted by molar-refractivity contribution is 4.73. The van der Waals surface area contributed by atoms with E-state index in [0.717, 1.165) is 31.6 Å². The van der Waals surface area contributed by atoms with Crippen LogP contribution in [0.4, 0.5) is 0 Å². The second kappa shape index (κ2) is 9.90. The van der Waals surface area contributed by atoms with Gasteiger partial charge in [-0.15, -0.1) is 0 Å². The van der Waals surface area contributed by atoms with E-state index >= 15 is 0 Å². The molecule has 0 amide bonds. The van der Waals surface area contributed by atoms with Crippen LogP contribution in [-0.2, 0) is 4.74 Å². The Morgan fingerprint density at radius 1 is 1.00 bits per heavy atom. The first-order valence-electron chi connectivity index (χ1n) is 7.65. The number of hydrogen-bond donors (Lipinski definition) is 1. The van der Waals surface area contributed by atoms with Crippen LogP contribution >= 0.6 is 0 Å². The minimum atomic E-state index is 0.842. The van der Waals surface area contributed by atoms with Gasteiger partial charge >= 0.3 is 0 Å². The monoisotopic (exact) mass is 241 g/mol. The maximum absolute atomic E-state index is 5.78. The van der Waals surface area contributed by atoms with E-state index in [1.807, 2.05) is 0 Å². The van der Waals surface area contributed by atoms with Gasteiger partial charge in [-0.3, -0.25) is 0 Å². The number of rotatable bonds is 9. The lowest BCUT2D eigenvalue weighted by atomic mass is 9.82. The summed E-state index contributed by atoms with van der Waals surface area (Å²) in [5.74, 6) is 1.76. The van der Waals surface area contributed by atoms with Crippen molar-refractivity contribution in [3.8, 4) is 0 Å². The summed E-state index contributed by atoms with van der Waals surface area (Å²) in [7, 11) is 0. The van der Waals surface area contributed by atoms with Gasteiger partial charge in [0.05, 0.1) is 0 Å². The molecular formula is C15H31NO. The van der Waals surface area contributed by atoms with Crippen LogP contribution in [0.3, 0.4) is 0 Å². The zero-order valence-corrected chi connectivity index (χ0v) is 11.8. The summed E-state index contributed by atoms with van der Waals surface area (Å²) in [4.78, 5) is 0. The molecule has 0 bridgehead atoms. The van der Waals surface area contributed by atoms with Gasteiger partial charge in [0.1, 0.15) is 0 Å². The van der Waals surface area contributed by atoms with E-state index in [0.29, 0.717) is 0 Å². The summed E-state index contributed by atoms with van der Waals surface area (Å²) in [6.07, 6.45) is 9.40. The summed E-state index contributed by atoms with van der Waals surface area (Å²) in [5.41, 5.74) is 0. The Labute approximate surface area is 108 Å². The average Bonchev–Trinajstić information content (AvgIpc) is 2.37. The molecule has 0 aromatic carbocycles. The van der Waals surface area contributed by atoms with Crippen LogP contribution < -0.4 is 5.32 Å². The summed E-state index contributed by atoms with van der Waals surface area (Å²) in [5, 5.41) is 3.47. The lowest BCUT2D eigenvalue weighted by molar-refractivity contribution is 0.0754. The van der Waals surface area contributed by atoms with Crippen LogP contribution in [-0.4, -0.2) is 26.3 Å². The molecule has 0 radical (unpaired) electrons. The predicted molar refractivity (Wildman–Crippen MR) is 74.3 cm³/mol. The van der Waals surface area contributed by atoms with E-state index in [-0.39, 0.29) is 0 Å². The molecule has 0 atom stereocenters. The van der Waals surface area contributed by atoms with Crippen molar-refractivity contribution in [3.05, 3.63) is 0 Å². The molecule has 0 saturated heterocycles. The minimum absolute atomic E-state index is 0.842. The van der Waals surface area contributed by atoms with Crippen molar-refractivity contribution in [2.24, 2.45) is 11.8 Å². The molecule has 1 N–H and O–H groups in total. The van der Waals surface area contributed by atoms with E-state index in [1.54, 1.807) is 0 Å². The Morgan fingerprint density at radius 2 is 1.71 bits per heavy atom. The Balaban J connectivity index is 1.95. The molecule has 2 heteroatoms. The average molecular weight is 241 g/mol. The number of hydrogen-bond acceptors (Lipinski definition) is 2. The highest BCUT2D eigenvalue weighted by atomic mass is 16.5. The molecule has 0 aliphatic heterocycles. The SMILES string of the molecule is CCCCCOCC1CCC(CNCC)CC1. The normalized spacial score (nSPS) is 25.1. The fraction of sp³-hybridized carbons (Fsp3) is 1.00. The van der Waals surface area contributed by atoms with Gasteiger partial charge in [0.2, 0.25) is 0 Å². The summed E-state index contributed by atoms with van der Waals surface area (Å²) < 4.78 is 5.78. The van der Waals surface area contributed by atoms with Gasteiger partial charge in [0.15, 0.2) is 0 Å². The van der Waals surface area contributed by atoms with Gasteiger partial charge in [-0.25, -0.2) is 0 Å². The highest BCUT2D eigenvalue weighted by Crippen LogP contribution is 2.28. The van der Waals surface area contributed by atoms with Crippen LogP contribution in [0.15, 0.2) is 0 Å². The molecule has 102 valence electrons. The van der Waals surface area contributed by atoms with Crippen molar-refractivity contribution in [3.63, 3.8) is 0 Å². The van der Waals surface area contributed by atoms with Gasteiger partial charge in [0.25, 0.3) is 0 Å². The van der Waals surface area contributed by atoms with Gasteiger partial charge in [-0.1, -0.05) is 26.7 Å². The molecule has 0 aromatic heterocycles. The van der Waals surface area contributed by atoms with E-state index in [9.17, 15) is 0 Å². The molecule has 1 aliphatic rings. The Hall–Kier alpha value is -0.0800. The van der Waals surface area contributed by atoms with Crippen molar-refractivity contribution >= 4 is 0 Å². The van der Waals surface area contributed by atoms with E-state index in [2.05, 4.69) is 19.2 Å². The van der Waals surface area contributed by atoms with Crippen molar-refractivity contribution in [2.75, 3.05) is 26.3 Å². The molecule has 17 heavy (non-hydrogen) atoms. The summed E-state index contributed by atoms with van der Waals surface area (Å²) >= 11 is 0. The number of nitrogens with one attached hydrogen (secondary N) is 1. The molecule has 1 fully saturated rings. The Bertz CT molecular complexity index is 162. The lowest BCUT2D eigenvalue weighted by Gasteiger charge is -2.28. The Kier molecular flexibility index (Phi) is 8.72. The second-order valence-corrected chi connectivity index (χ2v) is 5.48. The quantitative estimate of drug-likeness (QED) is 0.623. The van der Waals surface area contributed by atoms with Crippen LogP contribution in [0.2, 0.25) is 0 Å². The van der Waals surface area contributed by atoms with E-state index in [4.69, 9.17) is 4.74 Å². The molecule has 0 spiro atoms. The summed E-state index contributed by atoms with van der Waals surface area (Å²) in [6, 6.07) is 0. The van der Waals surface area contributed by atoms with Crippen LogP contribution in [0, 0.1) is 11.8 Å². The zero-order valence-electron chi connectivity index (χ0n) is 11.8. The van der Waals surface area contributed by atoms with Crippen LogP contribution in [0.25, 0.3) is 0 Å². The van der Waals surface area contributed by atoms with Crippen molar-refractivity contribution < 1.29 is 4.74 Å². The standard InChI is InChI=1S/C15H31NO/c1-3-5-6-11-17-13-15-9-7-14(8-10-15)12-16-4-2/h14-16H,3-13H2,1-2H3. The third-order valence-corrected chi connectivity index (χ3v) is 3.90. The molecule has 0 heterocycles. The van der Waals surface area contributed by atoms with Gasteiger partial charge < -0.3 is 10.1 Å². The third kappa shape index (κ3) is 7.05. The number of ether oxygens (including phenoxy) is 1. The first-order valence-corrected chi connectivity index (χ1v) is 7.65.